The van der Waals surface area contributed by atoms with Gasteiger partial charge in [-0.05, 0) is 31.2 Å². The maximum absolute atomic E-state index is 12.7. The average Bonchev–Trinajstić information content (AvgIpc) is 3.13. The van der Waals surface area contributed by atoms with Gasteiger partial charge in [-0.2, -0.15) is 0 Å². The fraction of sp³-hybridized carbons (Fsp3) is 0.250. The molecule has 1 aromatic carbocycles. The number of benzene rings is 1. The van der Waals surface area contributed by atoms with Crippen molar-refractivity contribution in [1.29, 1.82) is 0 Å². The molecule has 7 nitrogen and oxygen atoms in total. The van der Waals surface area contributed by atoms with E-state index in [2.05, 4.69) is 32.5 Å². The summed E-state index contributed by atoms with van der Waals surface area (Å²) >= 11 is 0. The standard InChI is InChI=1S/C20H21N5O2/c1-15-13-19(23-27-15)22-16-7-8-18(21-14-16)20(26)25-11-9-24(10-12-25)17-5-3-2-4-6-17/h2-8,13-14H,9-12H2,1H3,(H,22,23). The summed E-state index contributed by atoms with van der Waals surface area (Å²) in [5.74, 6) is 1.31. The molecule has 1 fully saturated rings. The predicted molar refractivity (Wildman–Crippen MR) is 103 cm³/mol. The SMILES string of the molecule is Cc1cc(Nc2ccc(C(=O)N3CCN(c4ccccc4)CC3)nc2)no1. The van der Waals surface area contributed by atoms with Crippen LogP contribution in [0.15, 0.2) is 59.3 Å². The van der Waals surface area contributed by atoms with Gasteiger partial charge in [0.15, 0.2) is 5.82 Å². The Morgan fingerprint density at radius 2 is 1.85 bits per heavy atom. The summed E-state index contributed by atoms with van der Waals surface area (Å²) in [4.78, 5) is 21.2. The number of aromatic nitrogens is 2. The monoisotopic (exact) mass is 363 g/mol. The molecule has 1 aliphatic rings. The number of hydrogen-bond acceptors (Lipinski definition) is 6. The van der Waals surface area contributed by atoms with Crippen LogP contribution in [0, 0.1) is 6.92 Å². The minimum absolute atomic E-state index is 0.0356. The van der Waals surface area contributed by atoms with Crippen molar-refractivity contribution in [2.45, 2.75) is 6.92 Å². The molecule has 3 heterocycles. The molecule has 3 aromatic rings. The van der Waals surface area contributed by atoms with Gasteiger partial charge >= 0.3 is 0 Å². The molecule has 0 radical (unpaired) electrons. The Kier molecular flexibility index (Phi) is 4.74. The molecular weight excluding hydrogens is 342 g/mol. The van der Waals surface area contributed by atoms with E-state index in [1.54, 1.807) is 18.3 Å². The third kappa shape index (κ3) is 3.92. The Balaban J connectivity index is 1.36. The Bertz CT molecular complexity index is 900. The minimum atomic E-state index is -0.0356. The van der Waals surface area contributed by atoms with E-state index in [4.69, 9.17) is 4.52 Å². The first kappa shape index (κ1) is 17.1. The first-order chi connectivity index (χ1) is 13.2. The molecule has 0 saturated carbocycles. The van der Waals surface area contributed by atoms with Crippen molar-refractivity contribution < 1.29 is 9.32 Å². The van der Waals surface area contributed by atoms with Crippen LogP contribution in [0.1, 0.15) is 16.2 Å². The normalized spacial score (nSPS) is 14.3. The molecule has 27 heavy (non-hydrogen) atoms. The second-order valence-corrected chi connectivity index (χ2v) is 6.49. The Morgan fingerprint density at radius 3 is 2.48 bits per heavy atom. The van der Waals surface area contributed by atoms with Crippen LogP contribution in [0.2, 0.25) is 0 Å². The molecule has 0 spiro atoms. The summed E-state index contributed by atoms with van der Waals surface area (Å²) in [5.41, 5.74) is 2.40. The number of carbonyl (C=O) groups excluding carboxylic acids is 1. The minimum Gasteiger partial charge on any atom is -0.368 e. The molecule has 1 N–H and O–H groups in total. The predicted octanol–water partition coefficient (Wildman–Crippen LogP) is 3.08. The Labute approximate surface area is 157 Å². The van der Waals surface area contributed by atoms with Gasteiger partial charge < -0.3 is 19.6 Å². The van der Waals surface area contributed by atoms with Gasteiger partial charge in [-0.3, -0.25) is 4.79 Å². The van der Waals surface area contributed by atoms with Crippen LogP contribution in [-0.4, -0.2) is 47.1 Å². The second kappa shape index (κ2) is 7.49. The number of para-hydroxylation sites is 1. The topological polar surface area (TPSA) is 74.5 Å². The average molecular weight is 363 g/mol. The van der Waals surface area contributed by atoms with E-state index in [0.717, 1.165) is 24.5 Å². The fourth-order valence-electron chi connectivity index (χ4n) is 3.14. The van der Waals surface area contributed by atoms with Gasteiger partial charge in [-0.15, -0.1) is 0 Å². The van der Waals surface area contributed by atoms with Crippen molar-refractivity contribution in [3.8, 4) is 0 Å². The molecule has 1 amide bonds. The van der Waals surface area contributed by atoms with Crippen LogP contribution in [0.3, 0.4) is 0 Å². The number of rotatable bonds is 4. The molecule has 0 aliphatic carbocycles. The molecule has 1 aliphatic heterocycles. The number of hydrogen-bond donors (Lipinski definition) is 1. The molecule has 138 valence electrons. The first-order valence-corrected chi connectivity index (χ1v) is 8.95. The number of nitrogens with one attached hydrogen (secondary N) is 1. The summed E-state index contributed by atoms with van der Waals surface area (Å²) in [6, 6.07) is 15.6. The lowest BCUT2D eigenvalue weighted by atomic mass is 10.2. The van der Waals surface area contributed by atoms with Crippen LogP contribution in [-0.2, 0) is 0 Å². The maximum Gasteiger partial charge on any atom is 0.272 e. The fourth-order valence-corrected chi connectivity index (χ4v) is 3.14. The summed E-state index contributed by atoms with van der Waals surface area (Å²) in [5, 5.41) is 6.98. The van der Waals surface area contributed by atoms with Crippen LogP contribution < -0.4 is 10.2 Å². The molecular formula is C20H21N5O2. The van der Waals surface area contributed by atoms with Crippen LogP contribution in [0.25, 0.3) is 0 Å². The first-order valence-electron chi connectivity index (χ1n) is 8.95. The van der Waals surface area contributed by atoms with E-state index in [0.29, 0.717) is 24.6 Å². The number of piperazine rings is 1. The number of nitrogens with zero attached hydrogens (tertiary/aromatic N) is 4. The molecule has 0 unspecified atom stereocenters. The van der Waals surface area contributed by atoms with E-state index < -0.39 is 0 Å². The molecule has 7 heteroatoms. The van der Waals surface area contributed by atoms with Gasteiger partial charge in [-0.1, -0.05) is 23.4 Å². The van der Waals surface area contributed by atoms with Crippen molar-refractivity contribution in [2.75, 3.05) is 36.4 Å². The summed E-state index contributed by atoms with van der Waals surface area (Å²) in [6.45, 7) is 4.85. The van der Waals surface area contributed by atoms with Crippen molar-refractivity contribution in [3.63, 3.8) is 0 Å². The Hall–Kier alpha value is -3.35. The number of amides is 1. The lowest BCUT2D eigenvalue weighted by molar-refractivity contribution is 0.0741. The zero-order chi connectivity index (χ0) is 18.6. The Morgan fingerprint density at radius 1 is 1.07 bits per heavy atom. The highest BCUT2D eigenvalue weighted by molar-refractivity contribution is 5.92. The number of anilines is 3. The smallest absolute Gasteiger partial charge is 0.272 e. The van der Waals surface area contributed by atoms with Gasteiger partial charge in [0.2, 0.25) is 0 Å². The summed E-state index contributed by atoms with van der Waals surface area (Å²) in [7, 11) is 0. The molecule has 2 aromatic heterocycles. The van der Waals surface area contributed by atoms with Gasteiger partial charge in [0.05, 0.1) is 11.9 Å². The van der Waals surface area contributed by atoms with Gasteiger partial charge in [-0.25, -0.2) is 4.98 Å². The molecule has 0 bridgehead atoms. The highest BCUT2D eigenvalue weighted by atomic mass is 16.5. The third-order valence-corrected chi connectivity index (χ3v) is 4.57. The van der Waals surface area contributed by atoms with Crippen molar-refractivity contribution in [2.24, 2.45) is 0 Å². The quantitative estimate of drug-likeness (QED) is 0.768. The van der Waals surface area contributed by atoms with Crippen LogP contribution >= 0.6 is 0 Å². The number of pyridine rings is 1. The maximum atomic E-state index is 12.7. The summed E-state index contributed by atoms with van der Waals surface area (Å²) in [6.07, 6.45) is 1.64. The van der Waals surface area contributed by atoms with E-state index in [1.165, 1.54) is 5.69 Å². The summed E-state index contributed by atoms with van der Waals surface area (Å²) < 4.78 is 5.02. The van der Waals surface area contributed by atoms with E-state index >= 15 is 0 Å². The lowest BCUT2D eigenvalue weighted by Crippen LogP contribution is -2.49. The zero-order valence-electron chi connectivity index (χ0n) is 15.1. The highest BCUT2D eigenvalue weighted by Crippen LogP contribution is 2.18. The highest BCUT2D eigenvalue weighted by Gasteiger charge is 2.23. The van der Waals surface area contributed by atoms with Gasteiger partial charge in [0.1, 0.15) is 11.5 Å². The van der Waals surface area contributed by atoms with Crippen LogP contribution in [0.4, 0.5) is 17.2 Å². The molecule has 1 saturated heterocycles. The van der Waals surface area contributed by atoms with Gasteiger partial charge in [0.25, 0.3) is 5.91 Å². The van der Waals surface area contributed by atoms with Crippen molar-refractivity contribution in [1.82, 2.24) is 15.0 Å². The van der Waals surface area contributed by atoms with Gasteiger partial charge in [0, 0.05) is 37.9 Å². The van der Waals surface area contributed by atoms with E-state index in [-0.39, 0.29) is 5.91 Å². The molecule has 0 atom stereocenters. The van der Waals surface area contributed by atoms with Crippen molar-refractivity contribution >= 4 is 23.1 Å². The number of aryl methyl sites for hydroxylation is 1. The van der Waals surface area contributed by atoms with Crippen LogP contribution in [0.5, 0.6) is 0 Å². The van der Waals surface area contributed by atoms with E-state index in [9.17, 15) is 4.79 Å². The van der Waals surface area contributed by atoms with Crippen molar-refractivity contribution in [3.05, 3.63) is 66.2 Å². The lowest BCUT2D eigenvalue weighted by Gasteiger charge is -2.36. The molecule has 4 rings (SSSR count). The number of carbonyl (C=O) groups is 1. The largest absolute Gasteiger partial charge is 0.368 e. The second-order valence-electron chi connectivity index (χ2n) is 6.49. The zero-order valence-corrected chi connectivity index (χ0v) is 15.1. The third-order valence-electron chi connectivity index (χ3n) is 4.57. The van der Waals surface area contributed by atoms with E-state index in [1.807, 2.05) is 36.1 Å².